The van der Waals surface area contributed by atoms with Gasteiger partial charge in [0, 0.05) is 60.7 Å². The number of carbonyl (C=O) groups excluding carboxylic acids is 9. The van der Waals surface area contributed by atoms with E-state index in [1.807, 2.05) is 0 Å². The summed E-state index contributed by atoms with van der Waals surface area (Å²) in [6, 6.07) is 10.1. The average molecular weight is 1110 g/mol. The smallest absolute Gasteiger partial charge is 0.407 e. The van der Waals surface area contributed by atoms with Crippen molar-refractivity contribution in [3.63, 3.8) is 0 Å². The molecule has 5 heterocycles. The Morgan fingerprint density at radius 3 is 2.35 bits per heavy atom. The Hall–Kier alpha value is -8.46. The van der Waals surface area contributed by atoms with Crippen LogP contribution < -0.4 is 42.8 Å². The van der Waals surface area contributed by atoms with Gasteiger partial charge in [-0.05, 0) is 60.1 Å². The maximum atomic E-state index is 15.4. The van der Waals surface area contributed by atoms with Crippen LogP contribution in [0.15, 0.2) is 59.4 Å². The Kier molecular flexibility index (Phi) is 18.8. The Bertz CT molecular complexity index is 3190. The number of nitrogens with one attached hydrogen (secondary N) is 7. The summed E-state index contributed by atoms with van der Waals surface area (Å²) in [4.78, 5) is 132. The molecule has 2 aromatic carbocycles. The number of rotatable bonds is 25. The van der Waals surface area contributed by atoms with E-state index in [0.717, 1.165) is 22.6 Å². The van der Waals surface area contributed by atoms with Gasteiger partial charge in [0.1, 0.15) is 43.9 Å². The summed E-state index contributed by atoms with van der Waals surface area (Å²) in [6.45, 7) is 1.07. The Balaban J connectivity index is 0.752. The predicted octanol–water partition coefficient (Wildman–Crippen LogP) is -0.672. The number of fused-ring (bicyclic) bond motifs is 5. The minimum atomic E-state index is -1.38. The number of alkyl carbamates (subject to hydrolysis) is 1. The van der Waals surface area contributed by atoms with Gasteiger partial charge in [0.05, 0.1) is 69.0 Å². The maximum Gasteiger partial charge on any atom is 0.407 e. The minimum absolute atomic E-state index is 0.0180. The molecule has 424 valence electrons. The van der Waals surface area contributed by atoms with E-state index in [4.69, 9.17) is 23.9 Å². The number of aliphatic hydroxyl groups is 1. The van der Waals surface area contributed by atoms with E-state index in [1.54, 1.807) is 54.8 Å². The number of halogens is 1. The van der Waals surface area contributed by atoms with Crippen LogP contribution in [0.25, 0.3) is 22.3 Å². The fourth-order valence-electron chi connectivity index (χ4n) is 9.86. The molecule has 4 aliphatic rings. The summed E-state index contributed by atoms with van der Waals surface area (Å²) in [5.41, 5.74) is 3.72. The van der Waals surface area contributed by atoms with Crippen LogP contribution in [0.1, 0.15) is 71.2 Å². The zero-order valence-electron chi connectivity index (χ0n) is 44.0. The van der Waals surface area contributed by atoms with E-state index in [-0.39, 0.29) is 71.1 Å². The number of hydrogen-bond donors (Lipinski definition) is 8. The van der Waals surface area contributed by atoms with Crippen LogP contribution in [0.2, 0.25) is 0 Å². The molecule has 80 heavy (non-hydrogen) atoms. The summed E-state index contributed by atoms with van der Waals surface area (Å²) in [6.07, 6.45) is 2.38. The molecule has 0 fully saturated rings. The molecule has 8 N–H and O–H groups in total. The Morgan fingerprint density at radius 1 is 0.850 bits per heavy atom. The molecule has 0 saturated heterocycles. The lowest BCUT2D eigenvalue weighted by atomic mass is 9.81. The van der Waals surface area contributed by atoms with E-state index < -0.39 is 110 Å². The molecule has 2 aromatic heterocycles. The summed E-state index contributed by atoms with van der Waals surface area (Å²) in [7, 11) is 0. The summed E-state index contributed by atoms with van der Waals surface area (Å²) >= 11 is 0. The molecular formula is C54H61FN10O15. The van der Waals surface area contributed by atoms with Gasteiger partial charge in [-0.3, -0.25) is 48.1 Å². The largest absolute Gasteiger partial charge is 0.447 e. The molecule has 25 nitrogen and oxygen atoms in total. The third-order valence-corrected chi connectivity index (χ3v) is 14.0. The Morgan fingerprint density at radius 2 is 1.59 bits per heavy atom. The van der Waals surface area contributed by atoms with Crippen molar-refractivity contribution in [2.24, 2.45) is 0 Å². The van der Waals surface area contributed by atoms with Gasteiger partial charge in [0.15, 0.2) is 0 Å². The first-order chi connectivity index (χ1) is 38.4. The van der Waals surface area contributed by atoms with Gasteiger partial charge in [-0.25, -0.2) is 14.2 Å². The molecule has 0 spiro atoms. The number of imide groups is 1. The molecule has 8 rings (SSSR count). The summed E-state index contributed by atoms with van der Waals surface area (Å²) in [5, 5.41) is 29.8. The van der Waals surface area contributed by atoms with Crippen molar-refractivity contribution in [1.82, 2.24) is 51.7 Å². The van der Waals surface area contributed by atoms with Gasteiger partial charge < -0.3 is 65.8 Å². The number of aryl methyl sites for hydroxylation is 1. The summed E-state index contributed by atoms with van der Waals surface area (Å²) < 4.78 is 38.3. The van der Waals surface area contributed by atoms with Crippen molar-refractivity contribution in [1.29, 1.82) is 0 Å². The topological polar surface area (TPSA) is 333 Å². The highest BCUT2D eigenvalue weighted by molar-refractivity contribution is 6.13. The molecule has 0 unspecified atom stereocenters. The number of hydrogen-bond acceptors (Lipinski definition) is 16. The third-order valence-electron chi connectivity index (χ3n) is 14.0. The fraction of sp³-hybridized carbons (Fsp3) is 0.426. The maximum absolute atomic E-state index is 15.4. The first-order valence-corrected chi connectivity index (χ1v) is 26.0. The molecule has 1 aliphatic carbocycles. The second-order valence-electron chi connectivity index (χ2n) is 19.3. The van der Waals surface area contributed by atoms with Gasteiger partial charge in [0.25, 0.3) is 17.4 Å². The monoisotopic (exact) mass is 1110 g/mol. The van der Waals surface area contributed by atoms with Gasteiger partial charge in [-0.1, -0.05) is 37.3 Å². The van der Waals surface area contributed by atoms with E-state index in [9.17, 15) is 53.1 Å². The van der Waals surface area contributed by atoms with E-state index in [1.165, 1.54) is 6.07 Å². The van der Waals surface area contributed by atoms with Crippen LogP contribution in [0, 0.1) is 12.7 Å². The number of ether oxygens (including phenoxy) is 4. The molecule has 0 radical (unpaired) electrons. The normalized spacial score (nSPS) is 16.9. The molecular weight excluding hydrogens is 1050 g/mol. The molecule has 3 aliphatic heterocycles. The average Bonchev–Trinajstić information content (AvgIpc) is 3.99. The highest BCUT2D eigenvalue weighted by Gasteiger charge is 2.40. The zero-order valence-corrected chi connectivity index (χ0v) is 44.0. The standard InChI is InChI=1S/C54H61FN10O15/c1-3-54(76)28-78-26-34-35(54)20-40-50-33(25-65(40)52(34)74)49-37(10-9-32-30(2)36(55)21-38(63-50)48(32)49)61-45(70)27-79-29-60-43(68)22-58-51(73)39(19-31-7-5-4-6-8-31)62-44(69)24-57-42(67)23-59-53(75)80-18-17-77-16-14-56-41(66)13-15-64-46(71)11-12-47(64)72/h4-8,11-12,20-21,37,39,76H,3,9-10,13-19,22-29H2,1-2H3,(H,56,66)(H,57,67)(H,58,73)(H,59,75)(H,60,68)(H,61,70)(H,62,69)/t37-,39-,54+/m0/s1. The predicted molar refractivity (Wildman–Crippen MR) is 279 cm³/mol. The molecule has 3 atom stereocenters. The molecule has 26 heteroatoms. The van der Waals surface area contributed by atoms with Crippen molar-refractivity contribution in [3.05, 3.63) is 110 Å². The zero-order chi connectivity index (χ0) is 57.1. The van der Waals surface area contributed by atoms with Crippen molar-refractivity contribution >= 4 is 64.3 Å². The molecule has 0 saturated carbocycles. The van der Waals surface area contributed by atoms with E-state index in [0.29, 0.717) is 74.9 Å². The number of carbonyl (C=O) groups is 9. The quantitative estimate of drug-likeness (QED) is 0.0204. The lowest BCUT2D eigenvalue weighted by molar-refractivity contribution is -0.137. The minimum Gasteiger partial charge on any atom is -0.447 e. The lowest BCUT2D eigenvalue weighted by Gasteiger charge is -2.33. The van der Waals surface area contributed by atoms with Crippen LogP contribution in [-0.2, 0) is 88.9 Å². The van der Waals surface area contributed by atoms with Gasteiger partial charge in [-0.2, -0.15) is 0 Å². The number of nitrogens with zero attached hydrogens (tertiary/aromatic N) is 3. The van der Waals surface area contributed by atoms with Gasteiger partial charge >= 0.3 is 6.09 Å². The number of aromatic nitrogens is 2. The SMILES string of the molecule is CC[C@@]1(O)COCc2c1cc1n(c2=O)Cc2c-1nc1cc(F)c(C)c3c1c2[C@@H](NC(=O)COCNC(=O)CNC(=O)[C@H](Cc1ccccc1)NC(=O)CNC(=O)CNC(=O)OCCOCCNC(=O)CCN1C(=O)C=CC1=O)CC3. The number of pyridine rings is 2. The highest BCUT2D eigenvalue weighted by atomic mass is 19.1. The van der Waals surface area contributed by atoms with Crippen molar-refractivity contribution in [3.8, 4) is 11.4 Å². The third kappa shape index (κ3) is 13.7. The van der Waals surface area contributed by atoms with Gasteiger partial charge in [0.2, 0.25) is 35.4 Å². The first kappa shape index (κ1) is 57.7. The van der Waals surface area contributed by atoms with Crippen LogP contribution >= 0.6 is 0 Å². The van der Waals surface area contributed by atoms with Crippen LogP contribution in [0.3, 0.4) is 0 Å². The van der Waals surface area contributed by atoms with Crippen molar-refractivity contribution < 1.29 is 71.6 Å². The number of benzene rings is 2. The van der Waals surface area contributed by atoms with E-state index >= 15 is 4.39 Å². The van der Waals surface area contributed by atoms with E-state index in [2.05, 4.69) is 37.2 Å². The van der Waals surface area contributed by atoms with Crippen LogP contribution in [0.5, 0.6) is 0 Å². The first-order valence-electron chi connectivity index (χ1n) is 26.0. The Labute approximate surface area is 456 Å². The fourth-order valence-corrected chi connectivity index (χ4v) is 9.86. The summed E-state index contributed by atoms with van der Waals surface area (Å²) in [5.74, 6) is -5.22. The van der Waals surface area contributed by atoms with Crippen molar-refractivity contribution in [2.75, 3.05) is 72.5 Å². The number of amides is 9. The van der Waals surface area contributed by atoms with Crippen molar-refractivity contribution in [2.45, 2.75) is 76.8 Å². The van der Waals surface area contributed by atoms with Crippen LogP contribution in [0.4, 0.5) is 9.18 Å². The van der Waals surface area contributed by atoms with Gasteiger partial charge in [-0.15, -0.1) is 0 Å². The second-order valence-corrected chi connectivity index (χ2v) is 19.3. The second kappa shape index (κ2) is 26.0. The molecule has 4 aromatic rings. The lowest BCUT2D eigenvalue weighted by Crippen LogP contribution is -2.52. The molecule has 9 amide bonds. The molecule has 0 bridgehead atoms. The van der Waals surface area contributed by atoms with Crippen LogP contribution in [-0.4, -0.2) is 151 Å². The highest BCUT2D eigenvalue weighted by Crippen LogP contribution is 2.46.